The molecule has 3 aromatic heterocycles. The quantitative estimate of drug-likeness (QED) is 0.365. The molecule has 35 heavy (non-hydrogen) atoms. The SMILES string of the molecule is CCC[C@H](c1nnnn1Cc1ccco1)N(Cc1cc2ccc(C)c(C)c2[nH]c1=O)C1CCCC1. The Morgan fingerprint density at radius 2 is 2.06 bits per heavy atom. The van der Waals surface area contributed by atoms with Crippen LogP contribution < -0.4 is 5.56 Å². The molecule has 8 heteroatoms. The number of pyridine rings is 1. The average Bonchev–Trinajstić information content (AvgIpc) is 3.63. The van der Waals surface area contributed by atoms with Gasteiger partial charge in [-0.3, -0.25) is 9.69 Å². The number of hydrogen-bond donors (Lipinski definition) is 1. The maximum atomic E-state index is 13.3. The topological polar surface area (TPSA) is 92.8 Å². The van der Waals surface area contributed by atoms with Crippen molar-refractivity contribution in [1.29, 1.82) is 0 Å². The fourth-order valence-corrected chi connectivity index (χ4v) is 5.44. The Kier molecular flexibility index (Phi) is 6.81. The van der Waals surface area contributed by atoms with Crippen LogP contribution in [-0.2, 0) is 13.1 Å². The molecule has 8 nitrogen and oxygen atoms in total. The number of furan rings is 1. The molecule has 5 rings (SSSR count). The van der Waals surface area contributed by atoms with Gasteiger partial charge < -0.3 is 9.40 Å². The number of hydrogen-bond acceptors (Lipinski definition) is 6. The molecule has 0 saturated heterocycles. The van der Waals surface area contributed by atoms with Crippen LogP contribution in [0.3, 0.4) is 0 Å². The minimum atomic E-state index is -0.0142. The predicted molar refractivity (Wildman–Crippen MR) is 135 cm³/mol. The lowest BCUT2D eigenvalue weighted by atomic mass is 10.0. The van der Waals surface area contributed by atoms with Crippen LogP contribution in [0.15, 0.2) is 45.8 Å². The minimum Gasteiger partial charge on any atom is -0.467 e. The van der Waals surface area contributed by atoms with E-state index in [-0.39, 0.29) is 11.6 Å². The molecule has 4 aromatic rings. The van der Waals surface area contributed by atoms with E-state index in [0.29, 0.717) is 19.1 Å². The van der Waals surface area contributed by atoms with Crippen LogP contribution in [0.2, 0.25) is 0 Å². The van der Waals surface area contributed by atoms with E-state index in [2.05, 4.69) is 64.4 Å². The van der Waals surface area contributed by atoms with E-state index in [4.69, 9.17) is 4.42 Å². The first-order valence-corrected chi connectivity index (χ1v) is 12.7. The molecule has 0 amide bonds. The lowest BCUT2D eigenvalue weighted by Crippen LogP contribution is -2.39. The van der Waals surface area contributed by atoms with Crippen molar-refractivity contribution in [2.75, 3.05) is 0 Å². The fraction of sp³-hybridized carbons (Fsp3) is 0.481. The van der Waals surface area contributed by atoms with E-state index >= 15 is 0 Å². The van der Waals surface area contributed by atoms with Crippen LogP contribution in [0.4, 0.5) is 0 Å². The third-order valence-corrected chi connectivity index (χ3v) is 7.48. The zero-order valence-electron chi connectivity index (χ0n) is 20.8. The molecule has 1 aliphatic rings. The Labute approximate surface area is 205 Å². The number of aromatic amines is 1. The second-order valence-corrected chi connectivity index (χ2v) is 9.78. The van der Waals surface area contributed by atoms with E-state index in [9.17, 15) is 4.79 Å². The lowest BCUT2D eigenvalue weighted by molar-refractivity contribution is 0.108. The second-order valence-electron chi connectivity index (χ2n) is 9.78. The third-order valence-electron chi connectivity index (χ3n) is 7.48. The van der Waals surface area contributed by atoms with Gasteiger partial charge in [0.2, 0.25) is 0 Å². The summed E-state index contributed by atoms with van der Waals surface area (Å²) in [4.78, 5) is 18.9. The van der Waals surface area contributed by atoms with Gasteiger partial charge in [-0.1, -0.05) is 38.3 Å². The van der Waals surface area contributed by atoms with Crippen molar-refractivity contribution in [2.24, 2.45) is 0 Å². The maximum Gasteiger partial charge on any atom is 0.252 e. The van der Waals surface area contributed by atoms with E-state index in [1.54, 1.807) is 6.26 Å². The number of nitrogens with zero attached hydrogens (tertiary/aromatic N) is 5. The number of rotatable bonds is 9. The Hall–Kier alpha value is -3.26. The summed E-state index contributed by atoms with van der Waals surface area (Å²) in [5, 5.41) is 13.9. The number of H-pyrrole nitrogens is 1. The molecule has 1 fully saturated rings. The molecular formula is C27H34N6O2. The Morgan fingerprint density at radius 3 is 2.80 bits per heavy atom. The predicted octanol–water partition coefficient (Wildman–Crippen LogP) is 5.06. The van der Waals surface area contributed by atoms with E-state index in [0.717, 1.165) is 59.3 Å². The van der Waals surface area contributed by atoms with Crippen LogP contribution in [-0.4, -0.2) is 36.1 Å². The fourth-order valence-electron chi connectivity index (χ4n) is 5.44. The van der Waals surface area contributed by atoms with Crippen LogP contribution in [0, 0.1) is 13.8 Å². The Morgan fingerprint density at radius 1 is 1.23 bits per heavy atom. The summed E-state index contributed by atoms with van der Waals surface area (Å²) in [5.41, 5.74) is 4.01. The van der Waals surface area contributed by atoms with Crippen molar-refractivity contribution < 1.29 is 4.42 Å². The highest BCUT2D eigenvalue weighted by Gasteiger charge is 2.33. The molecule has 0 radical (unpaired) electrons. The molecule has 1 aromatic carbocycles. The lowest BCUT2D eigenvalue weighted by Gasteiger charge is -2.35. The van der Waals surface area contributed by atoms with Gasteiger partial charge in [-0.05, 0) is 78.2 Å². The van der Waals surface area contributed by atoms with Gasteiger partial charge >= 0.3 is 0 Å². The molecule has 0 aliphatic heterocycles. The third kappa shape index (κ3) is 4.80. The first-order valence-electron chi connectivity index (χ1n) is 12.7. The summed E-state index contributed by atoms with van der Waals surface area (Å²) in [5.74, 6) is 1.65. The summed E-state index contributed by atoms with van der Waals surface area (Å²) >= 11 is 0. The summed E-state index contributed by atoms with van der Waals surface area (Å²) < 4.78 is 7.40. The van der Waals surface area contributed by atoms with Crippen LogP contribution in [0.25, 0.3) is 10.9 Å². The van der Waals surface area contributed by atoms with E-state index < -0.39 is 0 Å². The molecule has 0 unspecified atom stereocenters. The molecule has 1 atom stereocenters. The van der Waals surface area contributed by atoms with Crippen LogP contribution in [0.5, 0.6) is 0 Å². The van der Waals surface area contributed by atoms with Crippen LogP contribution in [0.1, 0.15) is 79.8 Å². The largest absolute Gasteiger partial charge is 0.467 e. The summed E-state index contributed by atoms with van der Waals surface area (Å²) in [6.45, 7) is 7.39. The van der Waals surface area contributed by atoms with Gasteiger partial charge in [0.05, 0.1) is 17.8 Å². The zero-order chi connectivity index (χ0) is 24.4. The van der Waals surface area contributed by atoms with E-state index in [1.807, 2.05) is 16.8 Å². The van der Waals surface area contributed by atoms with Crippen molar-refractivity contribution in [1.82, 2.24) is 30.1 Å². The molecule has 3 heterocycles. The highest BCUT2D eigenvalue weighted by atomic mass is 16.3. The molecule has 0 bridgehead atoms. The molecule has 1 aliphatic carbocycles. The number of fused-ring (bicyclic) bond motifs is 1. The summed E-state index contributed by atoms with van der Waals surface area (Å²) in [7, 11) is 0. The van der Waals surface area contributed by atoms with E-state index in [1.165, 1.54) is 18.4 Å². The van der Waals surface area contributed by atoms with Crippen molar-refractivity contribution >= 4 is 10.9 Å². The molecule has 1 saturated carbocycles. The first-order chi connectivity index (χ1) is 17.0. The molecular weight excluding hydrogens is 440 g/mol. The Balaban J connectivity index is 1.53. The molecule has 184 valence electrons. The zero-order valence-corrected chi connectivity index (χ0v) is 20.8. The second kappa shape index (κ2) is 10.2. The van der Waals surface area contributed by atoms with Crippen molar-refractivity contribution in [3.63, 3.8) is 0 Å². The minimum absolute atomic E-state index is 0.0142. The van der Waals surface area contributed by atoms with Crippen molar-refractivity contribution in [3.8, 4) is 0 Å². The summed E-state index contributed by atoms with van der Waals surface area (Å²) in [6.07, 6.45) is 8.26. The number of aromatic nitrogens is 5. The highest BCUT2D eigenvalue weighted by molar-refractivity contribution is 5.83. The number of tetrazole rings is 1. The van der Waals surface area contributed by atoms with Gasteiger partial charge in [0.1, 0.15) is 12.3 Å². The van der Waals surface area contributed by atoms with Crippen LogP contribution >= 0.6 is 0 Å². The number of benzene rings is 1. The van der Waals surface area contributed by atoms with Crippen molar-refractivity contribution in [3.05, 3.63) is 75.2 Å². The monoisotopic (exact) mass is 474 g/mol. The molecule has 1 N–H and O–H groups in total. The van der Waals surface area contributed by atoms with Gasteiger partial charge in [-0.25, -0.2) is 4.68 Å². The van der Waals surface area contributed by atoms with Crippen molar-refractivity contribution in [2.45, 2.75) is 84.5 Å². The normalized spacial score (nSPS) is 15.4. The van der Waals surface area contributed by atoms with Gasteiger partial charge in [0, 0.05) is 18.2 Å². The number of aryl methyl sites for hydroxylation is 2. The van der Waals surface area contributed by atoms with Gasteiger partial charge in [-0.15, -0.1) is 5.10 Å². The number of nitrogens with one attached hydrogen (secondary N) is 1. The standard InChI is InChI=1S/C27H34N6O2/c1-4-8-24(26-29-30-31-33(26)17-23-11-7-14-35-23)32(22-9-5-6-10-22)16-21-15-20-13-12-18(2)19(3)25(20)28-27(21)34/h7,11-15,22,24H,4-6,8-10,16-17H2,1-3H3,(H,28,34)/t24-/m1/s1. The smallest absolute Gasteiger partial charge is 0.252 e. The van der Waals surface area contributed by atoms with Gasteiger partial charge in [0.15, 0.2) is 5.82 Å². The maximum absolute atomic E-state index is 13.3. The average molecular weight is 475 g/mol. The summed E-state index contributed by atoms with van der Waals surface area (Å²) in [6, 6.07) is 10.5. The first kappa shape index (κ1) is 23.5. The highest BCUT2D eigenvalue weighted by Crippen LogP contribution is 2.34. The Bertz CT molecular complexity index is 1330. The van der Waals surface area contributed by atoms with Gasteiger partial charge in [-0.2, -0.15) is 0 Å². The van der Waals surface area contributed by atoms with Gasteiger partial charge in [0.25, 0.3) is 5.56 Å². The molecule has 0 spiro atoms.